The fourth-order valence-corrected chi connectivity index (χ4v) is 6.96. The molecule has 0 aromatic rings. The number of hydrogen-bond donors (Lipinski definition) is 2. The van der Waals surface area contributed by atoms with Crippen molar-refractivity contribution >= 4 is 17.7 Å². The van der Waals surface area contributed by atoms with E-state index < -0.39 is 6.04 Å². The van der Waals surface area contributed by atoms with E-state index in [1.54, 1.807) is 7.05 Å². The standard InChI is InChI=1S/C23H37N3O3/c1-14(2)19(21(28)26-6-4-18(5-7-26)20(27)24-3)25-22(29)23-11-15-8-16(12-23)10-17(9-15)13-23/h14-19H,4-13H2,1-3H3,(H,24,27)(H,25,29). The molecular weight excluding hydrogens is 366 g/mol. The van der Waals surface area contributed by atoms with Crippen LogP contribution in [0.1, 0.15) is 65.2 Å². The molecule has 0 aromatic heterocycles. The maximum absolute atomic E-state index is 13.4. The predicted octanol–water partition coefficient (Wildman–Crippen LogP) is 2.33. The highest BCUT2D eigenvalue weighted by atomic mass is 16.2. The highest BCUT2D eigenvalue weighted by Crippen LogP contribution is 2.60. The van der Waals surface area contributed by atoms with Crippen LogP contribution in [-0.2, 0) is 14.4 Å². The zero-order valence-corrected chi connectivity index (χ0v) is 18.2. The second kappa shape index (κ2) is 7.92. The molecule has 6 nitrogen and oxygen atoms in total. The van der Waals surface area contributed by atoms with Crippen molar-refractivity contribution in [2.45, 2.75) is 71.3 Å². The largest absolute Gasteiger partial charge is 0.359 e. The van der Waals surface area contributed by atoms with Crippen molar-refractivity contribution in [1.82, 2.24) is 15.5 Å². The minimum Gasteiger partial charge on any atom is -0.359 e. The lowest BCUT2D eigenvalue weighted by molar-refractivity contribution is -0.151. The Bertz CT molecular complexity index is 631. The van der Waals surface area contributed by atoms with Gasteiger partial charge in [-0.2, -0.15) is 0 Å². The normalized spacial score (nSPS) is 34.9. The first-order chi connectivity index (χ1) is 13.8. The number of carbonyl (C=O) groups excluding carboxylic acids is 3. The van der Waals surface area contributed by atoms with Crippen molar-refractivity contribution in [2.75, 3.05) is 20.1 Å². The van der Waals surface area contributed by atoms with Crippen LogP contribution in [0.25, 0.3) is 0 Å². The van der Waals surface area contributed by atoms with Crippen LogP contribution < -0.4 is 10.6 Å². The van der Waals surface area contributed by atoms with Gasteiger partial charge in [0.25, 0.3) is 0 Å². The third-order valence-electron chi connectivity index (χ3n) is 8.16. The van der Waals surface area contributed by atoms with Crippen LogP contribution >= 0.6 is 0 Å². The summed E-state index contributed by atoms with van der Waals surface area (Å²) < 4.78 is 0. The molecule has 1 atom stereocenters. The third kappa shape index (κ3) is 3.91. The Kier molecular flexibility index (Phi) is 5.64. The lowest BCUT2D eigenvalue weighted by Gasteiger charge is -2.56. The Morgan fingerprint density at radius 2 is 1.45 bits per heavy atom. The number of nitrogens with zero attached hydrogens (tertiary/aromatic N) is 1. The fraction of sp³-hybridized carbons (Fsp3) is 0.870. The Morgan fingerprint density at radius 3 is 1.90 bits per heavy atom. The maximum atomic E-state index is 13.4. The van der Waals surface area contributed by atoms with Crippen LogP contribution in [0.3, 0.4) is 0 Å². The van der Waals surface area contributed by atoms with Gasteiger partial charge in [0.15, 0.2) is 0 Å². The SMILES string of the molecule is CNC(=O)C1CCN(C(=O)C(NC(=O)C23CC4CC(CC(C4)C2)C3)C(C)C)CC1. The van der Waals surface area contributed by atoms with Crippen molar-refractivity contribution in [3.05, 3.63) is 0 Å². The van der Waals surface area contributed by atoms with Crippen LogP contribution in [-0.4, -0.2) is 48.8 Å². The highest BCUT2D eigenvalue weighted by Gasteiger charge is 2.55. The van der Waals surface area contributed by atoms with Gasteiger partial charge in [0.2, 0.25) is 17.7 Å². The van der Waals surface area contributed by atoms with Gasteiger partial charge < -0.3 is 15.5 Å². The van der Waals surface area contributed by atoms with Crippen LogP contribution in [0.5, 0.6) is 0 Å². The van der Waals surface area contributed by atoms with E-state index in [9.17, 15) is 14.4 Å². The molecule has 1 unspecified atom stereocenters. The minimum atomic E-state index is -0.466. The van der Waals surface area contributed by atoms with Gasteiger partial charge in [0.1, 0.15) is 6.04 Å². The lowest BCUT2D eigenvalue weighted by atomic mass is 9.49. The number of likely N-dealkylation sites (tertiary alicyclic amines) is 1. The van der Waals surface area contributed by atoms with Crippen molar-refractivity contribution < 1.29 is 14.4 Å². The molecule has 1 heterocycles. The Labute approximate surface area is 174 Å². The number of nitrogens with one attached hydrogen (secondary N) is 2. The highest BCUT2D eigenvalue weighted by molar-refractivity contribution is 5.91. The number of piperidine rings is 1. The van der Waals surface area contributed by atoms with E-state index in [2.05, 4.69) is 10.6 Å². The molecule has 5 rings (SSSR count). The zero-order valence-electron chi connectivity index (χ0n) is 18.2. The molecule has 162 valence electrons. The Morgan fingerprint density at radius 1 is 0.931 bits per heavy atom. The summed E-state index contributed by atoms with van der Waals surface area (Å²) in [6.45, 7) is 5.21. The van der Waals surface area contributed by atoms with Crippen LogP contribution in [0, 0.1) is 35.0 Å². The predicted molar refractivity (Wildman–Crippen MR) is 111 cm³/mol. The number of hydrogen-bond acceptors (Lipinski definition) is 3. The molecule has 5 fully saturated rings. The first-order valence-electron chi connectivity index (χ1n) is 11.6. The number of carbonyl (C=O) groups is 3. The van der Waals surface area contributed by atoms with E-state index in [1.165, 1.54) is 19.3 Å². The molecule has 4 aliphatic carbocycles. The summed E-state index contributed by atoms with van der Waals surface area (Å²) in [4.78, 5) is 40.4. The van der Waals surface area contributed by atoms with E-state index in [1.807, 2.05) is 18.7 Å². The number of rotatable bonds is 5. The molecule has 6 heteroatoms. The average molecular weight is 404 g/mol. The second-order valence-corrected chi connectivity index (χ2v) is 10.6. The topological polar surface area (TPSA) is 78.5 Å². The second-order valence-electron chi connectivity index (χ2n) is 10.6. The molecule has 0 aromatic carbocycles. The van der Waals surface area contributed by atoms with E-state index in [0.717, 1.165) is 19.3 Å². The van der Waals surface area contributed by atoms with Crippen molar-refractivity contribution in [3.63, 3.8) is 0 Å². The van der Waals surface area contributed by atoms with E-state index in [0.29, 0.717) is 43.7 Å². The maximum Gasteiger partial charge on any atom is 0.245 e. The fourth-order valence-electron chi connectivity index (χ4n) is 6.96. The molecule has 1 aliphatic heterocycles. The van der Waals surface area contributed by atoms with Gasteiger partial charge in [-0.05, 0) is 75.0 Å². The summed E-state index contributed by atoms with van der Waals surface area (Å²) in [6, 6.07) is -0.466. The lowest BCUT2D eigenvalue weighted by Crippen LogP contribution is -2.59. The smallest absolute Gasteiger partial charge is 0.245 e. The molecule has 4 saturated carbocycles. The van der Waals surface area contributed by atoms with E-state index in [4.69, 9.17) is 0 Å². The summed E-state index contributed by atoms with van der Waals surface area (Å²) in [6.07, 6.45) is 8.35. The molecular formula is C23H37N3O3. The summed E-state index contributed by atoms with van der Waals surface area (Å²) in [7, 11) is 1.66. The number of amides is 3. The molecule has 0 spiro atoms. The van der Waals surface area contributed by atoms with Crippen LogP contribution in [0.4, 0.5) is 0 Å². The van der Waals surface area contributed by atoms with E-state index >= 15 is 0 Å². The van der Waals surface area contributed by atoms with Crippen LogP contribution in [0.2, 0.25) is 0 Å². The summed E-state index contributed by atoms with van der Waals surface area (Å²) in [5.74, 6) is 2.39. The summed E-state index contributed by atoms with van der Waals surface area (Å²) >= 11 is 0. The molecule has 5 aliphatic rings. The third-order valence-corrected chi connectivity index (χ3v) is 8.16. The summed E-state index contributed by atoms with van der Waals surface area (Å²) in [5.41, 5.74) is -0.228. The van der Waals surface area contributed by atoms with Gasteiger partial charge in [0.05, 0.1) is 0 Å². The Hall–Kier alpha value is -1.59. The zero-order chi connectivity index (χ0) is 20.8. The van der Waals surface area contributed by atoms with Crippen molar-refractivity contribution in [1.29, 1.82) is 0 Å². The average Bonchev–Trinajstić information content (AvgIpc) is 2.69. The van der Waals surface area contributed by atoms with Gasteiger partial charge >= 0.3 is 0 Å². The molecule has 0 radical (unpaired) electrons. The molecule has 4 bridgehead atoms. The summed E-state index contributed by atoms with van der Waals surface area (Å²) in [5, 5.41) is 5.92. The molecule has 2 N–H and O–H groups in total. The van der Waals surface area contributed by atoms with Gasteiger partial charge in [-0.25, -0.2) is 0 Å². The molecule has 3 amide bonds. The van der Waals surface area contributed by atoms with Gasteiger partial charge in [-0.15, -0.1) is 0 Å². The monoisotopic (exact) mass is 403 g/mol. The Balaban J connectivity index is 1.40. The van der Waals surface area contributed by atoms with Crippen LogP contribution in [0.15, 0.2) is 0 Å². The van der Waals surface area contributed by atoms with Crippen molar-refractivity contribution in [2.24, 2.45) is 35.0 Å². The van der Waals surface area contributed by atoms with Gasteiger partial charge in [0, 0.05) is 31.5 Å². The quantitative estimate of drug-likeness (QED) is 0.739. The molecule has 29 heavy (non-hydrogen) atoms. The van der Waals surface area contributed by atoms with E-state index in [-0.39, 0.29) is 35.0 Å². The van der Waals surface area contributed by atoms with Gasteiger partial charge in [-0.1, -0.05) is 13.8 Å². The first-order valence-corrected chi connectivity index (χ1v) is 11.6. The molecule has 1 saturated heterocycles. The minimum absolute atomic E-state index is 0.0110. The van der Waals surface area contributed by atoms with Gasteiger partial charge in [-0.3, -0.25) is 14.4 Å². The van der Waals surface area contributed by atoms with Crippen molar-refractivity contribution in [3.8, 4) is 0 Å². The first kappa shape index (κ1) is 20.7.